The monoisotopic (exact) mass is 320 g/mol. The zero-order valence-corrected chi connectivity index (χ0v) is 14.2. The lowest BCUT2D eigenvalue weighted by molar-refractivity contribution is -0.154. The summed E-state index contributed by atoms with van der Waals surface area (Å²) in [7, 11) is 0. The van der Waals surface area contributed by atoms with Crippen LogP contribution in [0, 0.1) is 5.41 Å². The second-order valence-corrected chi connectivity index (χ2v) is 6.62. The summed E-state index contributed by atoms with van der Waals surface area (Å²) in [4.78, 5) is 34.7. The number of ether oxygens (including phenoxy) is 1. The van der Waals surface area contributed by atoms with Gasteiger partial charge in [-0.25, -0.2) is 0 Å². The molecule has 0 bridgehead atoms. The highest BCUT2D eigenvalue weighted by Crippen LogP contribution is 2.19. The van der Waals surface area contributed by atoms with E-state index in [-0.39, 0.29) is 17.7 Å². The molecule has 0 aliphatic heterocycles. The van der Waals surface area contributed by atoms with E-state index in [1.165, 1.54) is 13.8 Å². The van der Waals surface area contributed by atoms with E-state index in [0.717, 1.165) is 0 Å². The molecule has 0 aromatic heterocycles. The van der Waals surface area contributed by atoms with Crippen LogP contribution in [0.2, 0.25) is 0 Å². The summed E-state index contributed by atoms with van der Waals surface area (Å²) < 4.78 is 5.13. The van der Waals surface area contributed by atoms with E-state index in [2.05, 4.69) is 10.6 Å². The third-order valence-electron chi connectivity index (χ3n) is 2.82. The Labute approximate surface area is 136 Å². The standard InChI is InChI=1S/C17H24N2O4/c1-11(23-15(21)10-17(3,4)5)16(22)19-14-8-6-13(7-9-14)18-12(2)20/h6-9,11H,10H2,1-5H3,(H,18,20)(H,19,22)/t11-/m0/s1. The molecular formula is C17H24N2O4. The quantitative estimate of drug-likeness (QED) is 0.817. The van der Waals surface area contributed by atoms with Crippen molar-refractivity contribution in [2.45, 2.75) is 47.1 Å². The summed E-state index contributed by atoms with van der Waals surface area (Å²) in [6, 6.07) is 6.67. The largest absolute Gasteiger partial charge is 0.453 e. The van der Waals surface area contributed by atoms with Crippen molar-refractivity contribution >= 4 is 29.2 Å². The number of carbonyl (C=O) groups is 3. The zero-order chi connectivity index (χ0) is 17.6. The summed E-state index contributed by atoms with van der Waals surface area (Å²) in [5.74, 6) is -0.970. The molecule has 126 valence electrons. The first-order valence-corrected chi connectivity index (χ1v) is 7.45. The van der Waals surface area contributed by atoms with Gasteiger partial charge in [0, 0.05) is 18.3 Å². The summed E-state index contributed by atoms with van der Waals surface area (Å²) >= 11 is 0. The topological polar surface area (TPSA) is 84.5 Å². The molecule has 1 atom stereocenters. The number of hydrogen-bond donors (Lipinski definition) is 2. The molecule has 2 amide bonds. The molecule has 0 spiro atoms. The number of carbonyl (C=O) groups excluding carboxylic acids is 3. The van der Waals surface area contributed by atoms with Crippen LogP contribution in [-0.2, 0) is 19.1 Å². The summed E-state index contributed by atoms with van der Waals surface area (Å²) in [5, 5.41) is 5.30. The highest BCUT2D eigenvalue weighted by Gasteiger charge is 2.22. The minimum absolute atomic E-state index is 0.166. The third kappa shape index (κ3) is 7.44. The van der Waals surface area contributed by atoms with E-state index in [0.29, 0.717) is 11.4 Å². The molecule has 0 unspecified atom stereocenters. The SMILES string of the molecule is CC(=O)Nc1ccc(NC(=O)[C@H](C)OC(=O)CC(C)(C)C)cc1. The first-order chi connectivity index (χ1) is 10.6. The van der Waals surface area contributed by atoms with Crippen LogP contribution in [0.15, 0.2) is 24.3 Å². The van der Waals surface area contributed by atoms with Gasteiger partial charge in [0.25, 0.3) is 5.91 Å². The Morgan fingerprint density at radius 1 is 1.04 bits per heavy atom. The van der Waals surface area contributed by atoms with Gasteiger partial charge in [0.2, 0.25) is 5.91 Å². The van der Waals surface area contributed by atoms with Gasteiger partial charge < -0.3 is 15.4 Å². The number of rotatable bonds is 5. The summed E-state index contributed by atoms with van der Waals surface area (Å²) in [6.45, 7) is 8.73. The molecule has 6 nitrogen and oxygen atoms in total. The van der Waals surface area contributed by atoms with Crippen LogP contribution < -0.4 is 10.6 Å². The molecule has 1 aromatic carbocycles. The maximum Gasteiger partial charge on any atom is 0.307 e. The van der Waals surface area contributed by atoms with Crippen molar-refractivity contribution < 1.29 is 19.1 Å². The first kappa shape index (κ1) is 18.7. The van der Waals surface area contributed by atoms with Gasteiger partial charge in [0.05, 0.1) is 6.42 Å². The molecule has 0 radical (unpaired) electrons. The summed E-state index contributed by atoms with van der Waals surface area (Å²) in [5.41, 5.74) is 1.01. The molecule has 0 aliphatic rings. The number of nitrogens with one attached hydrogen (secondary N) is 2. The third-order valence-corrected chi connectivity index (χ3v) is 2.82. The lowest BCUT2D eigenvalue weighted by Gasteiger charge is -2.19. The van der Waals surface area contributed by atoms with E-state index in [1.54, 1.807) is 24.3 Å². The Balaban J connectivity index is 2.54. The van der Waals surface area contributed by atoms with Gasteiger partial charge in [0.1, 0.15) is 0 Å². The van der Waals surface area contributed by atoms with E-state index >= 15 is 0 Å². The predicted molar refractivity (Wildman–Crippen MR) is 89.0 cm³/mol. The van der Waals surface area contributed by atoms with Crippen LogP contribution in [0.25, 0.3) is 0 Å². The molecule has 0 heterocycles. The molecule has 0 saturated heterocycles. The van der Waals surface area contributed by atoms with Gasteiger partial charge in [-0.2, -0.15) is 0 Å². The van der Waals surface area contributed by atoms with E-state index in [9.17, 15) is 14.4 Å². The fourth-order valence-electron chi connectivity index (χ4n) is 1.81. The maximum absolute atomic E-state index is 12.0. The van der Waals surface area contributed by atoms with Crippen LogP contribution in [0.5, 0.6) is 0 Å². The highest BCUT2D eigenvalue weighted by atomic mass is 16.5. The Hall–Kier alpha value is -2.37. The number of benzene rings is 1. The fourth-order valence-corrected chi connectivity index (χ4v) is 1.81. The Bertz CT molecular complexity index is 573. The normalized spacial score (nSPS) is 12.2. The van der Waals surface area contributed by atoms with Gasteiger partial charge in [0.15, 0.2) is 6.10 Å². The lowest BCUT2D eigenvalue weighted by Crippen LogP contribution is -2.31. The molecule has 0 aliphatic carbocycles. The van der Waals surface area contributed by atoms with Crippen LogP contribution in [-0.4, -0.2) is 23.9 Å². The highest BCUT2D eigenvalue weighted by molar-refractivity contribution is 5.95. The van der Waals surface area contributed by atoms with Crippen LogP contribution in [0.4, 0.5) is 11.4 Å². The minimum Gasteiger partial charge on any atom is -0.453 e. The van der Waals surface area contributed by atoms with Gasteiger partial charge >= 0.3 is 5.97 Å². The van der Waals surface area contributed by atoms with E-state index < -0.39 is 18.0 Å². The Morgan fingerprint density at radius 2 is 1.52 bits per heavy atom. The second-order valence-electron chi connectivity index (χ2n) is 6.62. The molecule has 0 fully saturated rings. The smallest absolute Gasteiger partial charge is 0.307 e. The number of esters is 1. The molecule has 0 saturated carbocycles. The number of amides is 2. The van der Waals surface area contributed by atoms with Crippen molar-refractivity contribution in [3.63, 3.8) is 0 Å². The van der Waals surface area contributed by atoms with Crippen LogP contribution >= 0.6 is 0 Å². The van der Waals surface area contributed by atoms with Crippen molar-refractivity contribution in [1.82, 2.24) is 0 Å². The van der Waals surface area contributed by atoms with Crippen molar-refractivity contribution in [3.8, 4) is 0 Å². The summed E-state index contributed by atoms with van der Waals surface area (Å²) in [6.07, 6.45) is -0.629. The maximum atomic E-state index is 12.0. The molecule has 1 aromatic rings. The molecule has 23 heavy (non-hydrogen) atoms. The van der Waals surface area contributed by atoms with Gasteiger partial charge in [-0.15, -0.1) is 0 Å². The average Bonchev–Trinajstić information content (AvgIpc) is 2.37. The van der Waals surface area contributed by atoms with E-state index in [4.69, 9.17) is 4.74 Å². The Kier molecular flexibility index (Phi) is 6.30. The number of hydrogen-bond acceptors (Lipinski definition) is 4. The van der Waals surface area contributed by atoms with Crippen molar-refractivity contribution in [3.05, 3.63) is 24.3 Å². The predicted octanol–water partition coefficient (Wildman–Crippen LogP) is 2.95. The molecule has 6 heteroatoms. The second kappa shape index (κ2) is 7.76. The Morgan fingerprint density at radius 3 is 1.96 bits per heavy atom. The van der Waals surface area contributed by atoms with Gasteiger partial charge in [-0.3, -0.25) is 14.4 Å². The van der Waals surface area contributed by atoms with Crippen molar-refractivity contribution in [2.75, 3.05) is 10.6 Å². The van der Waals surface area contributed by atoms with Gasteiger partial charge in [-0.1, -0.05) is 20.8 Å². The zero-order valence-electron chi connectivity index (χ0n) is 14.2. The minimum atomic E-state index is -0.875. The number of anilines is 2. The van der Waals surface area contributed by atoms with Gasteiger partial charge in [-0.05, 0) is 36.6 Å². The van der Waals surface area contributed by atoms with Crippen molar-refractivity contribution in [1.29, 1.82) is 0 Å². The van der Waals surface area contributed by atoms with Crippen LogP contribution in [0.3, 0.4) is 0 Å². The van der Waals surface area contributed by atoms with E-state index in [1.807, 2.05) is 20.8 Å². The molecule has 1 rings (SSSR count). The fraction of sp³-hybridized carbons (Fsp3) is 0.471. The molecule has 2 N–H and O–H groups in total. The average molecular weight is 320 g/mol. The van der Waals surface area contributed by atoms with Crippen LogP contribution in [0.1, 0.15) is 41.0 Å². The molecular weight excluding hydrogens is 296 g/mol. The lowest BCUT2D eigenvalue weighted by atomic mass is 9.92. The first-order valence-electron chi connectivity index (χ1n) is 7.45. The van der Waals surface area contributed by atoms with Crippen molar-refractivity contribution in [2.24, 2.45) is 5.41 Å².